The van der Waals surface area contributed by atoms with Gasteiger partial charge in [0.1, 0.15) is 18.1 Å². The molecule has 3 aromatic rings. The number of aromatic nitrogens is 1. The number of nitrogens with zero attached hydrogens (tertiary/aromatic N) is 1. The molecule has 0 fully saturated rings. The summed E-state index contributed by atoms with van der Waals surface area (Å²) in [5, 5.41) is 9.48. The van der Waals surface area contributed by atoms with E-state index in [2.05, 4.69) is 20.9 Å². The van der Waals surface area contributed by atoms with Crippen LogP contribution in [0.3, 0.4) is 0 Å². The van der Waals surface area contributed by atoms with E-state index in [0.717, 1.165) is 10.0 Å². The summed E-state index contributed by atoms with van der Waals surface area (Å²) in [6.45, 7) is 2.49. The van der Waals surface area contributed by atoms with Gasteiger partial charge in [0.05, 0.1) is 23.6 Å². The van der Waals surface area contributed by atoms with Crippen molar-refractivity contribution >= 4 is 21.9 Å². The number of aromatic carboxylic acids is 1. The van der Waals surface area contributed by atoms with E-state index < -0.39 is 5.97 Å². The van der Waals surface area contributed by atoms with Crippen LogP contribution in [0.2, 0.25) is 0 Å². The second-order valence-electron chi connectivity index (χ2n) is 5.67. The second-order valence-corrected chi connectivity index (χ2v) is 6.59. The zero-order chi connectivity index (χ0) is 19.2. The monoisotopic (exact) mass is 427 g/mol. The molecular weight excluding hydrogens is 410 g/mol. The molecule has 0 unspecified atom stereocenters. The summed E-state index contributed by atoms with van der Waals surface area (Å²) < 4.78 is 12.3. The van der Waals surface area contributed by atoms with E-state index in [4.69, 9.17) is 9.47 Å². The molecular formula is C21H18BrNO4. The Hall–Kier alpha value is -2.86. The van der Waals surface area contributed by atoms with Gasteiger partial charge >= 0.3 is 5.97 Å². The van der Waals surface area contributed by atoms with Crippen LogP contribution in [0, 0.1) is 0 Å². The second kappa shape index (κ2) is 8.68. The fourth-order valence-corrected chi connectivity index (χ4v) is 3.00. The van der Waals surface area contributed by atoms with Crippen molar-refractivity contribution in [3.63, 3.8) is 0 Å². The smallest absolute Gasteiger partial charge is 0.337 e. The third-order valence-corrected chi connectivity index (χ3v) is 4.33. The average Bonchev–Trinajstić information content (AvgIpc) is 2.67. The molecule has 2 aromatic carbocycles. The minimum absolute atomic E-state index is 0.0444. The number of para-hydroxylation sites is 1. The molecule has 0 bridgehead atoms. The normalized spacial score (nSPS) is 10.4. The number of benzene rings is 2. The molecule has 0 radical (unpaired) electrons. The minimum Gasteiger partial charge on any atom is -0.493 e. The highest BCUT2D eigenvalue weighted by Gasteiger charge is 2.15. The van der Waals surface area contributed by atoms with Crippen LogP contribution in [-0.2, 0) is 6.61 Å². The van der Waals surface area contributed by atoms with Gasteiger partial charge in [-0.25, -0.2) is 9.78 Å². The predicted molar refractivity (Wildman–Crippen MR) is 106 cm³/mol. The zero-order valence-electron chi connectivity index (χ0n) is 14.7. The summed E-state index contributed by atoms with van der Waals surface area (Å²) in [7, 11) is 0. The first-order valence-corrected chi connectivity index (χ1v) is 9.21. The maximum Gasteiger partial charge on any atom is 0.337 e. The van der Waals surface area contributed by atoms with Crippen molar-refractivity contribution < 1.29 is 19.4 Å². The van der Waals surface area contributed by atoms with Crippen molar-refractivity contribution in [2.45, 2.75) is 13.5 Å². The van der Waals surface area contributed by atoms with Crippen molar-refractivity contribution in [1.29, 1.82) is 0 Å². The van der Waals surface area contributed by atoms with Gasteiger partial charge in [0.2, 0.25) is 0 Å². The van der Waals surface area contributed by atoms with Crippen LogP contribution in [-0.4, -0.2) is 22.7 Å². The Bertz CT molecular complexity index is 958. The van der Waals surface area contributed by atoms with Crippen LogP contribution >= 0.6 is 15.9 Å². The van der Waals surface area contributed by atoms with Crippen molar-refractivity contribution in [2.24, 2.45) is 0 Å². The molecule has 138 valence electrons. The number of halogens is 1. The first kappa shape index (κ1) is 18.9. The van der Waals surface area contributed by atoms with Crippen LogP contribution < -0.4 is 9.47 Å². The SMILES string of the molecule is CCOc1ccccc1-c1ccc(C(=O)O)c(COc2cccc(Br)c2)n1. The lowest BCUT2D eigenvalue weighted by molar-refractivity contribution is 0.0693. The highest BCUT2D eigenvalue weighted by atomic mass is 79.9. The van der Waals surface area contributed by atoms with Crippen LogP contribution in [0.15, 0.2) is 65.1 Å². The topological polar surface area (TPSA) is 68.7 Å². The Morgan fingerprint density at radius 2 is 1.89 bits per heavy atom. The minimum atomic E-state index is -1.04. The predicted octanol–water partition coefficient (Wildman–Crippen LogP) is 5.19. The van der Waals surface area contributed by atoms with Gasteiger partial charge in [-0.15, -0.1) is 0 Å². The molecule has 0 amide bonds. The first-order valence-electron chi connectivity index (χ1n) is 8.42. The Balaban J connectivity index is 1.95. The van der Waals surface area contributed by atoms with Crippen LogP contribution in [0.5, 0.6) is 11.5 Å². The lowest BCUT2D eigenvalue weighted by Gasteiger charge is -2.13. The van der Waals surface area contributed by atoms with Crippen LogP contribution in [0.25, 0.3) is 11.3 Å². The Morgan fingerprint density at radius 3 is 2.63 bits per heavy atom. The van der Waals surface area contributed by atoms with Crippen LogP contribution in [0.4, 0.5) is 0 Å². The molecule has 3 rings (SSSR count). The average molecular weight is 428 g/mol. The van der Waals surface area contributed by atoms with Gasteiger partial charge in [-0.3, -0.25) is 0 Å². The standard InChI is InChI=1S/C21H18BrNO4/c1-2-26-20-9-4-3-8-16(20)18-11-10-17(21(24)25)19(23-18)13-27-15-7-5-6-14(22)12-15/h3-12H,2,13H2,1H3,(H,24,25). The van der Waals surface area contributed by atoms with Crippen molar-refractivity contribution in [2.75, 3.05) is 6.61 Å². The molecule has 5 nitrogen and oxygen atoms in total. The summed E-state index contributed by atoms with van der Waals surface area (Å²) in [4.78, 5) is 16.1. The molecule has 0 spiro atoms. The third-order valence-electron chi connectivity index (χ3n) is 3.84. The summed E-state index contributed by atoms with van der Waals surface area (Å²) in [6.07, 6.45) is 0. The molecule has 0 aliphatic heterocycles. The van der Waals surface area contributed by atoms with Gasteiger partial charge < -0.3 is 14.6 Å². The Kier molecular flexibility index (Phi) is 6.08. The summed E-state index contributed by atoms with van der Waals surface area (Å²) in [5.41, 5.74) is 1.91. The zero-order valence-corrected chi connectivity index (χ0v) is 16.3. The van der Waals surface area contributed by atoms with E-state index >= 15 is 0 Å². The van der Waals surface area contributed by atoms with Gasteiger partial charge in [0.25, 0.3) is 0 Å². The van der Waals surface area contributed by atoms with E-state index in [1.807, 2.05) is 49.4 Å². The summed E-state index contributed by atoms with van der Waals surface area (Å²) in [5.74, 6) is 0.289. The molecule has 0 aliphatic rings. The van der Waals surface area contributed by atoms with Gasteiger partial charge in [-0.05, 0) is 49.4 Å². The maximum atomic E-state index is 11.6. The maximum absolute atomic E-state index is 11.6. The third kappa shape index (κ3) is 4.65. The number of carboxylic acid groups (broad SMARTS) is 1. The largest absolute Gasteiger partial charge is 0.493 e. The number of carboxylic acids is 1. The molecule has 1 aromatic heterocycles. The number of hydrogen-bond acceptors (Lipinski definition) is 4. The molecule has 0 saturated heterocycles. The van der Waals surface area contributed by atoms with Crippen molar-refractivity contribution in [1.82, 2.24) is 4.98 Å². The van der Waals surface area contributed by atoms with E-state index in [-0.39, 0.29) is 12.2 Å². The van der Waals surface area contributed by atoms with E-state index in [0.29, 0.717) is 29.5 Å². The molecule has 1 heterocycles. The Labute approximate surface area is 165 Å². The molecule has 6 heteroatoms. The van der Waals surface area contributed by atoms with E-state index in [9.17, 15) is 9.90 Å². The highest BCUT2D eigenvalue weighted by molar-refractivity contribution is 9.10. The van der Waals surface area contributed by atoms with E-state index in [1.54, 1.807) is 18.2 Å². The van der Waals surface area contributed by atoms with Gasteiger partial charge in [-0.1, -0.05) is 34.1 Å². The fraction of sp³-hybridized carbons (Fsp3) is 0.143. The quantitative estimate of drug-likeness (QED) is 0.561. The van der Waals surface area contributed by atoms with Gasteiger partial charge in [0, 0.05) is 10.0 Å². The van der Waals surface area contributed by atoms with Crippen molar-refractivity contribution in [3.8, 4) is 22.8 Å². The van der Waals surface area contributed by atoms with Crippen LogP contribution in [0.1, 0.15) is 23.0 Å². The Morgan fingerprint density at radius 1 is 1.07 bits per heavy atom. The van der Waals surface area contributed by atoms with Crippen molar-refractivity contribution in [3.05, 3.63) is 76.4 Å². The number of pyridine rings is 1. The summed E-state index contributed by atoms with van der Waals surface area (Å²) in [6, 6.07) is 18.1. The first-order chi connectivity index (χ1) is 13.1. The fourth-order valence-electron chi connectivity index (χ4n) is 2.62. The lowest BCUT2D eigenvalue weighted by atomic mass is 10.1. The molecule has 0 saturated carbocycles. The number of carbonyl (C=O) groups is 1. The molecule has 0 atom stereocenters. The number of ether oxygens (including phenoxy) is 2. The molecule has 1 N–H and O–H groups in total. The number of hydrogen-bond donors (Lipinski definition) is 1. The molecule has 0 aliphatic carbocycles. The highest BCUT2D eigenvalue weighted by Crippen LogP contribution is 2.29. The van der Waals surface area contributed by atoms with E-state index in [1.165, 1.54) is 0 Å². The van der Waals surface area contributed by atoms with Gasteiger partial charge in [-0.2, -0.15) is 0 Å². The number of rotatable bonds is 7. The lowest BCUT2D eigenvalue weighted by Crippen LogP contribution is -2.09. The summed E-state index contributed by atoms with van der Waals surface area (Å²) >= 11 is 3.39. The van der Waals surface area contributed by atoms with Gasteiger partial charge in [0.15, 0.2) is 0 Å². The molecule has 27 heavy (non-hydrogen) atoms.